The summed E-state index contributed by atoms with van der Waals surface area (Å²) in [5.74, 6) is -0.267. The average molecular weight is 252 g/mol. The summed E-state index contributed by atoms with van der Waals surface area (Å²) >= 11 is 0. The summed E-state index contributed by atoms with van der Waals surface area (Å²) < 4.78 is 0. The van der Waals surface area contributed by atoms with Gasteiger partial charge >= 0.3 is 0 Å². The fraction of sp³-hybridized carbons (Fsp3) is 0.143. The van der Waals surface area contributed by atoms with Crippen LogP contribution in [0.5, 0.6) is 0 Å². The van der Waals surface area contributed by atoms with Crippen LogP contribution in [0, 0.1) is 18.3 Å². The van der Waals surface area contributed by atoms with Crippen molar-refractivity contribution in [2.24, 2.45) is 0 Å². The molecule has 0 spiro atoms. The highest BCUT2D eigenvalue weighted by Crippen LogP contribution is 2.03. The second-order valence-electron chi connectivity index (χ2n) is 4.03. The number of rotatable bonds is 3. The van der Waals surface area contributed by atoms with E-state index >= 15 is 0 Å². The Morgan fingerprint density at radius 2 is 2.00 bits per heavy atom. The Bertz CT molecular complexity index is 611. The number of nitriles is 1. The van der Waals surface area contributed by atoms with Gasteiger partial charge < -0.3 is 5.32 Å². The molecule has 0 radical (unpaired) electrons. The molecule has 1 heterocycles. The summed E-state index contributed by atoms with van der Waals surface area (Å²) in [4.78, 5) is 19.8. The van der Waals surface area contributed by atoms with E-state index in [9.17, 15) is 4.79 Å². The van der Waals surface area contributed by atoms with Crippen molar-refractivity contribution in [3.8, 4) is 6.07 Å². The monoisotopic (exact) mass is 252 g/mol. The minimum Gasteiger partial charge on any atom is -0.347 e. The highest BCUT2D eigenvalue weighted by Gasteiger charge is 2.06. The molecule has 1 aromatic carbocycles. The molecule has 0 bridgehead atoms. The molecule has 5 heteroatoms. The molecule has 2 aromatic rings. The number of benzene rings is 1. The molecule has 5 nitrogen and oxygen atoms in total. The normalized spacial score (nSPS) is 9.68. The number of amides is 1. The van der Waals surface area contributed by atoms with Gasteiger partial charge in [-0.05, 0) is 24.6 Å². The lowest BCUT2D eigenvalue weighted by atomic mass is 10.1. The Kier molecular flexibility index (Phi) is 3.84. The first kappa shape index (κ1) is 12.7. The van der Waals surface area contributed by atoms with Crippen molar-refractivity contribution in [2.75, 3.05) is 0 Å². The molecule has 0 unspecified atom stereocenters. The van der Waals surface area contributed by atoms with Gasteiger partial charge in [-0.25, -0.2) is 4.98 Å². The summed E-state index contributed by atoms with van der Waals surface area (Å²) in [5.41, 5.74) is 2.58. The van der Waals surface area contributed by atoms with Gasteiger partial charge in [-0.3, -0.25) is 9.78 Å². The topological polar surface area (TPSA) is 78.7 Å². The average Bonchev–Trinajstić information content (AvgIpc) is 2.46. The lowest BCUT2D eigenvalue weighted by Crippen LogP contribution is -2.24. The maximum atomic E-state index is 11.8. The molecule has 0 atom stereocenters. The van der Waals surface area contributed by atoms with Crippen LogP contribution in [-0.2, 0) is 6.54 Å². The van der Waals surface area contributed by atoms with Crippen LogP contribution in [0.1, 0.15) is 27.3 Å². The summed E-state index contributed by atoms with van der Waals surface area (Å²) in [7, 11) is 0. The fourth-order valence-corrected chi connectivity index (χ4v) is 1.48. The second-order valence-corrected chi connectivity index (χ2v) is 4.03. The molecule has 0 aliphatic rings. The van der Waals surface area contributed by atoms with Gasteiger partial charge in [0.2, 0.25) is 0 Å². The van der Waals surface area contributed by atoms with Crippen molar-refractivity contribution in [1.29, 1.82) is 5.26 Å². The Balaban J connectivity index is 1.96. The SMILES string of the molecule is Cc1cnc(C(=O)NCc2ccc(C#N)cc2)cn1. The van der Waals surface area contributed by atoms with Gasteiger partial charge in [-0.2, -0.15) is 5.26 Å². The molecule has 94 valence electrons. The van der Waals surface area contributed by atoms with E-state index in [4.69, 9.17) is 5.26 Å². The van der Waals surface area contributed by atoms with Gasteiger partial charge in [-0.15, -0.1) is 0 Å². The first-order valence-electron chi connectivity index (χ1n) is 5.75. The first-order valence-corrected chi connectivity index (χ1v) is 5.75. The number of carbonyl (C=O) groups excluding carboxylic acids is 1. The van der Waals surface area contributed by atoms with Crippen molar-refractivity contribution in [3.63, 3.8) is 0 Å². The molecule has 1 N–H and O–H groups in total. The number of carbonyl (C=O) groups is 1. The molecule has 0 aliphatic heterocycles. The van der Waals surface area contributed by atoms with Crippen molar-refractivity contribution in [2.45, 2.75) is 13.5 Å². The molecule has 0 fully saturated rings. The zero-order valence-electron chi connectivity index (χ0n) is 10.4. The number of aromatic nitrogens is 2. The third kappa shape index (κ3) is 3.36. The van der Waals surface area contributed by atoms with Gasteiger partial charge in [0.1, 0.15) is 5.69 Å². The Morgan fingerprint density at radius 1 is 1.26 bits per heavy atom. The minimum atomic E-state index is -0.267. The molecular weight excluding hydrogens is 240 g/mol. The summed E-state index contributed by atoms with van der Waals surface area (Å²) in [6, 6.07) is 9.09. The molecular formula is C14H12N4O. The van der Waals surface area contributed by atoms with Crippen molar-refractivity contribution in [3.05, 3.63) is 59.2 Å². The van der Waals surface area contributed by atoms with E-state index in [2.05, 4.69) is 15.3 Å². The molecule has 1 amide bonds. The maximum Gasteiger partial charge on any atom is 0.271 e. The van der Waals surface area contributed by atoms with Gasteiger partial charge in [0.15, 0.2) is 0 Å². The lowest BCUT2D eigenvalue weighted by Gasteiger charge is -2.04. The smallest absolute Gasteiger partial charge is 0.271 e. The highest BCUT2D eigenvalue weighted by atomic mass is 16.1. The third-order valence-corrected chi connectivity index (χ3v) is 2.55. The standard InChI is InChI=1S/C14H12N4O/c1-10-7-17-13(9-16-10)14(19)18-8-12-4-2-11(6-15)3-5-12/h2-5,7,9H,8H2,1H3,(H,18,19). The zero-order chi connectivity index (χ0) is 13.7. The van der Waals surface area contributed by atoms with E-state index in [1.54, 1.807) is 30.5 Å². The fourth-order valence-electron chi connectivity index (χ4n) is 1.48. The molecule has 0 saturated carbocycles. The van der Waals surface area contributed by atoms with Crippen LogP contribution in [0.2, 0.25) is 0 Å². The van der Waals surface area contributed by atoms with E-state index < -0.39 is 0 Å². The zero-order valence-corrected chi connectivity index (χ0v) is 10.4. The minimum absolute atomic E-state index is 0.267. The quantitative estimate of drug-likeness (QED) is 0.899. The van der Waals surface area contributed by atoms with Crippen LogP contribution < -0.4 is 5.32 Å². The van der Waals surface area contributed by atoms with Gasteiger partial charge in [0.25, 0.3) is 5.91 Å². The summed E-state index contributed by atoms with van der Waals surface area (Å²) in [6.07, 6.45) is 3.00. The number of nitrogens with zero attached hydrogens (tertiary/aromatic N) is 3. The van der Waals surface area contributed by atoms with Gasteiger partial charge in [-0.1, -0.05) is 12.1 Å². The third-order valence-electron chi connectivity index (χ3n) is 2.55. The van der Waals surface area contributed by atoms with E-state index in [1.807, 2.05) is 13.0 Å². The second kappa shape index (κ2) is 5.74. The number of hydrogen-bond donors (Lipinski definition) is 1. The van der Waals surface area contributed by atoms with E-state index in [-0.39, 0.29) is 5.91 Å². The van der Waals surface area contributed by atoms with Gasteiger partial charge in [0, 0.05) is 12.7 Å². The van der Waals surface area contributed by atoms with E-state index in [0.29, 0.717) is 17.8 Å². The largest absolute Gasteiger partial charge is 0.347 e. The van der Waals surface area contributed by atoms with Gasteiger partial charge in [0.05, 0.1) is 23.5 Å². The van der Waals surface area contributed by atoms with E-state index in [0.717, 1.165) is 11.3 Å². The molecule has 1 aromatic heterocycles. The lowest BCUT2D eigenvalue weighted by molar-refractivity contribution is 0.0945. The highest BCUT2D eigenvalue weighted by molar-refractivity contribution is 5.91. The van der Waals surface area contributed by atoms with Crippen LogP contribution in [0.4, 0.5) is 0 Å². The maximum absolute atomic E-state index is 11.8. The number of hydrogen-bond acceptors (Lipinski definition) is 4. The number of nitrogens with one attached hydrogen (secondary N) is 1. The summed E-state index contributed by atoms with van der Waals surface area (Å²) in [6.45, 7) is 2.20. The van der Waals surface area contributed by atoms with E-state index in [1.165, 1.54) is 6.20 Å². The molecule has 0 saturated heterocycles. The predicted octanol–water partition coefficient (Wildman–Crippen LogP) is 1.59. The van der Waals surface area contributed by atoms with Crippen molar-refractivity contribution in [1.82, 2.24) is 15.3 Å². The Morgan fingerprint density at radius 3 is 2.58 bits per heavy atom. The van der Waals surface area contributed by atoms with Crippen LogP contribution in [0.25, 0.3) is 0 Å². The molecule has 0 aliphatic carbocycles. The van der Waals surface area contributed by atoms with Crippen molar-refractivity contribution < 1.29 is 4.79 Å². The number of aryl methyl sites for hydroxylation is 1. The van der Waals surface area contributed by atoms with Crippen molar-refractivity contribution >= 4 is 5.91 Å². The molecule has 19 heavy (non-hydrogen) atoms. The van der Waals surface area contributed by atoms with Crippen LogP contribution in [0.15, 0.2) is 36.7 Å². The first-order chi connectivity index (χ1) is 9.19. The predicted molar refractivity (Wildman–Crippen MR) is 69.1 cm³/mol. The van der Waals surface area contributed by atoms with Crippen LogP contribution in [0.3, 0.4) is 0 Å². The van der Waals surface area contributed by atoms with Crippen LogP contribution in [-0.4, -0.2) is 15.9 Å². The Hall–Kier alpha value is -2.74. The van der Waals surface area contributed by atoms with Crippen LogP contribution >= 0.6 is 0 Å². The summed E-state index contributed by atoms with van der Waals surface area (Å²) in [5, 5.41) is 11.4. The molecule has 2 rings (SSSR count). The Labute approximate surface area is 110 Å².